The first-order chi connectivity index (χ1) is 12.3. The third kappa shape index (κ3) is 2.14. The molecule has 0 fully saturated rings. The molecule has 0 bridgehead atoms. The van der Waals surface area contributed by atoms with E-state index in [-0.39, 0.29) is 0 Å². The van der Waals surface area contributed by atoms with Gasteiger partial charge < -0.3 is 0 Å². The fourth-order valence-corrected chi connectivity index (χ4v) is 4.53. The van der Waals surface area contributed by atoms with Crippen molar-refractivity contribution in [3.05, 3.63) is 113 Å². The van der Waals surface area contributed by atoms with Gasteiger partial charge in [0.2, 0.25) is 0 Å². The van der Waals surface area contributed by atoms with Gasteiger partial charge in [-0.1, -0.05) is 91.0 Å². The van der Waals surface area contributed by atoms with E-state index in [0.717, 1.165) is 0 Å². The van der Waals surface area contributed by atoms with Crippen LogP contribution in [0.1, 0.15) is 35.1 Å². The Morgan fingerprint density at radius 1 is 0.600 bits per heavy atom. The molecule has 0 aliphatic heterocycles. The van der Waals surface area contributed by atoms with Crippen LogP contribution in [0.15, 0.2) is 91.0 Å². The van der Waals surface area contributed by atoms with Gasteiger partial charge in [-0.05, 0) is 45.9 Å². The molecule has 0 radical (unpaired) electrons. The van der Waals surface area contributed by atoms with Crippen LogP contribution in [-0.2, 0) is 0 Å². The highest BCUT2D eigenvalue weighted by atomic mass is 14.5. The molecule has 0 N–H and O–H groups in total. The second-order valence-electron chi connectivity index (χ2n) is 7.00. The molecular weight excluding hydrogens is 300 g/mol. The van der Waals surface area contributed by atoms with Crippen LogP contribution in [0.5, 0.6) is 0 Å². The monoisotopic (exact) mass is 320 g/mol. The van der Waals surface area contributed by atoms with Gasteiger partial charge in [0.1, 0.15) is 0 Å². The number of benzene rings is 3. The van der Waals surface area contributed by atoms with E-state index in [9.17, 15) is 0 Å². The van der Waals surface area contributed by atoms with Gasteiger partial charge in [-0.3, -0.25) is 0 Å². The van der Waals surface area contributed by atoms with Crippen LogP contribution in [-0.4, -0.2) is 0 Å². The van der Waals surface area contributed by atoms with Gasteiger partial charge in [-0.2, -0.15) is 0 Å². The van der Waals surface area contributed by atoms with Crippen LogP contribution < -0.4 is 0 Å². The molecule has 25 heavy (non-hydrogen) atoms. The highest BCUT2D eigenvalue weighted by molar-refractivity contribution is 6.05. The van der Waals surface area contributed by atoms with Crippen LogP contribution in [0.25, 0.3) is 16.7 Å². The predicted octanol–water partition coefficient (Wildman–Crippen LogP) is 6.43. The summed E-state index contributed by atoms with van der Waals surface area (Å²) in [6.07, 6.45) is 2.47. The summed E-state index contributed by atoms with van der Waals surface area (Å²) in [5.74, 6) is 0.949. The Hall–Kier alpha value is -2.86. The zero-order chi connectivity index (χ0) is 16.8. The lowest BCUT2D eigenvalue weighted by Crippen LogP contribution is -2.29. The van der Waals surface area contributed by atoms with Crippen LogP contribution in [0.3, 0.4) is 0 Å². The minimum absolute atomic E-state index is 0.470. The lowest BCUT2D eigenvalue weighted by Gasteiger charge is -2.45. The Bertz CT molecular complexity index is 990. The largest absolute Gasteiger partial charge is 0.0725 e. The molecular formula is C25H20. The fraction of sp³-hybridized carbons (Fsp3) is 0.120. The molecule has 120 valence electrons. The first-order valence-electron chi connectivity index (χ1n) is 8.97. The summed E-state index contributed by atoms with van der Waals surface area (Å²) in [5, 5.41) is 0. The second-order valence-corrected chi connectivity index (χ2v) is 7.00. The fourth-order valence-electron chi connectivity index (χ4n) is 4.53. The zero-order valence-corrected chi connectivity index (χ0v) is 14.3. The van der Waals surface area contributed by atoms with E-state index in [1.165, 1.54) is 39.0 Å². The van der Waals surface area contributed by atoms with Gasteiger partial charge in [0.25, 0.3) is 0 Å². The van der Waals surface area contributed by atoms with E-state index in [1.54, 1.807) is 0 Å². The minimum Gasteiger partial charge on any atom is -0.0725 e. The van der Waals surface area contributed by atoms with Crippen molar-refractivity contribution in [2.75, 3.05) is 0 Å². The third-order valence-corrected chi connectivity index (χ3v) is 5.61. The molecule has 0 saturated heterocycles. The molecule has 0 amide bonds. The molecule has 0 saturated carbocycles. The number of rotatable bonds is 2. The predicted molar refractivity (Wildman–Crippen MR) is 106 cm³/mol. The van der Waals surface area contributed by atoms with Crippen molar-refractivity contribution >= 4 is 16.7 Å². The average Bonchev–Trinajstić information content (AvgIpc) is 2.66. The number of fused-ring (bicyclic) bond motifs is 3. The van der Waals surface area contributed by atoms with E-state index in [4.69, 9.17) is 0 Å². The molecule has 2 aliphatic carbocycles. The van der Waals surface area contributed by atoms with E-state index in [2.05, 4.69) is 97.9 Å². The molecule has 3 aromatic rings. The van der Waals surface area contributed by atoms with E-state index >= 15 is 0 Å². The highest BCUT2D eigenvalue weighted by Gasteiger charge is 2.43. The summed E-state index contributed by atoms with van der Waals surface area (Å²) in [6, 6.07) is 30.7. The zero-order valence-electron chi connectivity index (χ0n) is 14.3. The van der Waals surface area contributed by atoms with Gasteiger partial charge in [0, 0.05) is 11.8 Å². The molecule has 0 nitrogen and oxygen atoms in total. The van der Waals surface area contributed by atoms with Crippen LogP contribution in [0.4, 0.5) is 0 Å². The van der Waals surface area contributed by atoms with Crippen LogP contribution >= 0.6 is 0 Å². The molecule has 2 unspecified atom stereocenters. The summed E-state index contributed by atoms with van der Waals surface area (Å²) < 4.78 is 0. The summed E-state index contributed by atoms with van der Waals surface area (Å²) in [7, 11) is 0. The quantitative estimate of drug-likeness (QED) is 0.510. The summed E-state index contributed by atoms with van der Waals surface area (Å²) in [6.45, 7) is 2.25. The first kappa shape index (κ1) is 14.5. The molecule has 3 aromatic carbocycles. The third-order valence-electron chi connectivity index (χ3n) is 5.61. The van der Waals surface area contributed by atoms with Crippen LogP contribution in [0.2, 0.25) is 0 Å². The number of hydrogen-bond donors (Lipinski definition) is 0. The topological polar surface area (TPSA) is 0 Å². The Kier molecular flexibility index (Phi) is 3.24. The lowest BCUT2D eigenvalue weighted by atomic mass is 9.57. The number of hydrogen-bond acceptors (Lipinski definition) is 0. The molecule has 0 aromatic heterocycles. The SMILES string of the molecule is CC1=CC2C(c3ccccc3)=C(c3ccccc3)C2c2ccccc21. The van der Waals surface area contributed by atoms with Crippen molar-refractivity contribution in [2.24, 2.45) is 5.92 Å². The van der Waals surface area contributed by atoms with Gasteiger partial charge >= 0.3 is 0 Å². The normalized spacial score (nSPS) is 21.1. The Morgan fingerprint density at radius 3 is 1.84 bits per heavy atom. The standard InChI is InChI=1S/C25H20/c1-17-16-22-23(18-10-4-2-5-11-18)24(19-12-6-3-7-13-19)25(22)21-15-9-8-14-20(17)21/h2-16,22,25H,1H3. The van der Waals surface area contributed by atoms with Crippen molar-refractivity contribution in [1.29, 1.82) is 0 Å². The van der Waals surface area contributed by atoms with Crippen molar-refractivity contribution < 1.29 is 0 Å². The molecule has 5 rings (SSSR count). The Morgan fingerprint density at radius 2 is 1.16 bits per heavy atom. The van der Waals surface area contributed by atoms with Crippen molar-refractivity contribution in [1.82, 2.24) is 0 Å². The number of allylic oxidation sites excluding steroid dienone is 4. The summed E-state index contributed by atoms with van der Waals surface area (Å²) in [4.78, 5) is 0. The van der Waals surface area contributed by atoms with E-state index in [0.29, 0.717) is 11.8 Å². The van der Waals surface area contributed by atoms with E-state index in [1.807, 2.05) is 0 Å². The molecule has 0 heterocycles. The second kappa shape index (κ2) is 5.60. The Labute approximate surface area is 149 Å². The van der Waals surface area contributed by atoms with Gasteiger partial charge in [0.15, 0.2) is 0 Å². The van der Waals surface area contributed by atoms with Crippen molar-refractivity contribution in [2.45, 2.75) is 12.8 Å². The Balaban J connectivity index is 1.77. The minimum atomic E-state index is 0.470. The maximum atomic E-state index is 2.47. The lowest BCUT2D eigenvalue weighted by molar-refractivity contribution is 0.679. The van der Waals surface area contributed by atoms with Gasteiger partial charge in [-0.25, -0.2) is 0 Å². The molecule has 2 aliphatic rings. The highest BCUT2D eigenvalue weighted by Crippen LogP contribution is 2.60. The first-order valence-corrected chi connectivity index (χ1v) is 8.97. The van der Waals surface area contributed by atoms with Crippen LogP contribution in [0, 0.1) is 5.92 Å². The average molecular weight is 320 g/mol. The van der Waals surface area contributed by atoms with Gasteiger partial charge in [0.05, 0.1) is 0 Å². The molecule has 0 heteroatoms. The molecule has 2 atom stereocenters. The van der Waals surface area contributed by atoms with Gasteiger partial charge in [-0.15, -0.1) is 0 Å². The summed E-state index contributed by atoms with van der Waals surface area (Å²) >= 11 is 0. The van der Waals surface area contributed by atoms with Crippen molar-refractivity contribution in [3.8, 4) is 0 Å². The van der Waals surface area contributed by atoms with Crippen molar-refractivity contribution in [3.63, 3.8) is 0 Å². The smallest absolute Gasteiger partial charge is 0.0208 e. The van der Waals surface area contributed by atoms with E-state index < -0.39 is 0 Å². The maximum Gasteiger partial charge on any atom is 0.0208 e. The summed E-state index contributed by atoms with van der Waals surface area (Å²) in [5.41, 5.74) is 9.97. The maximum absolute atomic E-state index is 2.47. The molecule has 0 spiro atoms.